The van der Waals surface area contributed by atoms with Gasteiger partial charge in [-0.25, -0.2) is 4.98 Å². The molecule has 0 spiro atoms. The zero-order valence-electron chi connectivity index (χ0n) is 21.2. The van der Waals surface area contributed by atoms with E-state index in [1.807, 2.05) is 45.0 Å². The number of methoxy groups -OCH3 is 2. The van der Waals surface area contributed by atoms with Crippen LogP contribution < -0.4 is 14.4 Å². The number of aromatic nitrogens is 1. The molecule has 1 aliphatic heterocycles. The lowest BCUT2D eigenvalue weighted by molar-refractivity contribution is -0.132. The van der Waals surface area contributed by atoms with Crippen LogP contribution in [0.25, 0.3) is 16.0 Å². The molecule has 0 aliphatic carbocycles. The molecule has 1 N–H and O–H groups in total. The van der Waals surface area contributed by atoms with E-state index in [1.165, 1.54) is 30.5 Å². The third-order valence-electron chi connectivity index (χ3n) is 6.53. The molecule has 3 aromatic carbocycles. The SMILES string of the molecule is COc1ccc(OC)c(C2/C(=C(\O)c3ccc(C)cc3)C(=O)C(=O)N2c2nc3c(C)cc(C)cc3s2)c1. The van der Waals surface area contributed by atoms with Gasteiger partial charge in [-0.15, -0.1) is 0 Å². The third-order valence-corrected chi connectivity index (χ3v) is 7.53. The Morgan fingerprint density at radius 3 is 2.35 bits per heavy atom. The van der Waals surface area contributed by atoms with Crippen molar-refractivity contribution in [3.05, 3.63) is 88.0 Å². The van der Waals surface area contributed by atoms with Crippen molar-refractivity contribution in [2.45, 2.75) is 26.8 Å². The standard InChI is InChI=1S/C29H26N2O5S/c1-15-6-8-18(9-7-15)26(32)23-25(20-14-19(35-4)10-11-21(20)36-5)31(28(34)27(23)33)29-30-24-17(3)12-16(2)13-22(24)37-29/h6-14,25,32H,1-5H3/b26-23+. The molecule has 4 aromatic rings. The molecule has 1 aliphatic rings. The summed E-state index contributed by atoms with van der Waals surface area (Å²) in [5, 5.41) is 11.8. The number of hydrogen-bond acceptors (Lipinski definition) is 7. The Labute approximate surface area is 218 Å². The fourth-order valence-electron chi connectivity index (χ4n) is 4.71. The molecule has 1 aromatic heterocycles. The van der Waals surface area contributed by atoms with Gasteiger partial charge < -0.3 is 14.6 Å². The van der Waals surface area contributed by atoms with Crippen LogP contribution in [0.15, 0.2) is 60.2 Å². The number of nitrogens with zero attached hydrogens (tertiary/aromatic N) is 2. The normalized spacial score (nSPS) is 17.0. The van der Waals surface area contributed by atoms with E-state index >= 15 is 0 Å². The van der Waals surface area contributed by atoms with Crippen molar-refractivity contribution in [2.75, 3.05) is 19.1 Å². The van der Waals surface area contributed by atoms with Crippen molar-refractivity contribution in [1.29, 1.82) is 0 Å². The van der Waals surface area contributed by atoms with Gasteiger partial charge in [0.2, 0.25) is 0 Å². The van der Waals surface area contributed by atoms with Gasteiger partial charge in [0, 0.05) is 11.1 Å². The van der Waals surface area contributed by atoms with Crippen LogP contribution >= 0.6 is 11.3 Å². The first-order chi connectivity index (χ1) is 17.7. The van der Waals surface area contributed by atoms with Gasteiger partial charge in [-0.3, -0.25) is 14.5 Å². The Morgan fingerprint density at radius 2 is 1.68 bits per heavy atom. The molecule has 8 heteroatoms. The predicted molar refractivity (Wildman–Crippen MR) is 145 cm³/mol. The van der Waals surface area contributed by atoms with E-state index < -0.39 is 17.7 Å². The Hall–Kier alpha value is -4.17. The van der Waals surface area contributed by atoms with Crippen LogP contribution in [0.4, 0.5) is 5.13 Å². The summed E-state index contributed by atoms with van der Waals surface area (Å²) in [5.41, 5.74) is 4.73. The van der Waals surface area contributed by atoms with E-state index in [-0.39, 0.29) is 11.3 Å². The molecule has 1 atom stereocenters. The zero-order chi connectivity index (χ0) is 26.4. The van der Waals surface area contributed by atoms with Crippen LogP contribution in [0.5, 0.6) is 11.5 Å². The summed E-state index contributed by atoms with van der Waals surface area (Å²) >= 11 is 1.33. The fraction of sp³-hybridized carbons (Fsp3) is 0.207. The lowest BCUT2D eigenvalue weighted by Gasteiger charge is -2.25. The monoisotopic (exact) mass is 514 g/mol. The number of aliphatic hydroxyl groups is 1. The van der Waals surface area contributed by atoms with Gasteiger partial charge in [0.25, 0.3) is 5.78 Å². The minimum atomic E-state index is -0.978. The highest BCUT2D eigenvalue weighted by atomic mass is 32.1. The Morgan fingerprint density at radius 1 is 0.946 bits per heavy atom. The van der Waals surface area contributed by atoms with E-state index in [9.17, 15) is 14.7 Å². The highest BCUT2D eigenvalue weighted by Crippen LogP contribution is 2.47. The summed E-state index contributed by atoms with van der Waals surface area (Å²) in [6, 6.07) is 15.3. The van der Waals surface area contributed by atoms with Gasteiger partial charge in [-0.05, 0) is 56.2 Å². The molecule has 1 saturated heterocycles. The maximum atomic E-state index is 13.6. The second kappa shape index (κ2) is 9.37. The Kier molecular flexibility index (Phi) is 6.21. The first kappa shape index (κ1) is 24.5. The number of aryl methyl sites for hydroxylation is 3. The first-order valence-electron chi connectivity index (χ1n) is 11.7. The van der Waals surface area contributed by atoms with Crippen molar-refractivity contribution >= 4 is 44.1 Å². The van der Waals surface area contributed by atoms with Gasteiger partial charge in [-0.2, -0.15) is 0 Å². The molecule has 37 heavy (non-hydrogen) atoms. The van der Waals surface area contributed by atoms with Crippen molar-refractivity contribution in [1.82, 2.24) is 4.98 Å². The van der Waals surface area contributed by atoms with Crippen molar-refractivity contribution in [2.24, 2.45) is 0 Å². The average Bonchev–Trinajstić information content (AvgIpc) is 3.42. The van der Waals surface area contributed by atoms with Crippen LogP contribution in [0.3, 0.4) is 0 Å². The number of hydrogen-bond donors (Lipinski definition) is 1. The second-order valence-electron chi connectivity index (χ2n) is 9.07. The molecule has 7 nitrogen and oxygen atoms in total. The number of anilines is 1. The Balaban J connectivity index is 1.80. The molecule has 2 heterocycles. The zero-order valence-corrected chi connectivity index (χ0v) is 22.0. The number of carbonyl (C=O) groups excluding carboxylic acids is 2. The highest BCUT2D eigenvalue weighted by molar-refractivity contribution is 7.22. The highest BCUT2D eigenvalue weighted by Gasteiger charge is 2.49. The molecule has 1 amide bonds. The molecule has 5 rings (SSSR count). The van der Waals surface area contributed by atoms with E-state index in [4.69, 9.17) is 14.5 Å². The van der Waals surface area contributed by atoms with Crippen LogP contribution in [-0.2, 0) is 9.59 Å². The predicted octanol–water partition coefficient (Wildman–Crippen LogP) is 5.87. The van der Waals surface area contributed by atoms with Crippen molar-refractivity contribution < 1.29 is 24.2 Å². The number of benzene rings is 3. The smallest absolute Gasteiger partial charge is 0.301 e. The van der Waals surface area contributed by atoms with Gasteiger partial charge in [-0.1, -0.05) is 47.2 Å². The van der Waals surface area contributed by atoms with Crippen LogP contribution in [-0.4, -0.2) is 36.0 Å². The quantitative estimate of drug-likeness (QED) is 0.204. The van der Waals surface area contributed by atoms with Crippen molar-refractivity contribution in [3.63, 3.8) is 0 Å². The molecular weight excluding hydrogens is 488 g/mol. The van der Waals surface area contributed by atoms with Gasteiger partial charge in [0.1, 0.15) is 23.3 Å². The average molecular weight is 515 g/mol. The van der Waals surface area contributed by atoms with E-state index in [2.05, 4.69) is 0 Å². The number of aliphatic hydroxyl groups excluding tert-OH is 1. The maximum absolute atomic E-state index is 13.6. The third kappa shape index (κ3) is 4.13. The fourth-order valence-corrected chi connectivity index (χ4v) is 5.87. The van der Waals surface area contributed by atoms with Gasteiger partial charge >= 0.3 is 5.91 Å². The topological polar surface area (TPSA) is 89.0 Å². The van der Waals surface area contributed by atoms with E-state index in [0.717, 1.165) is 26.9 Å². The number of carbonyl (C=O) groups is 2. The first-order valence-corrected chi connectivity index (χ1v) is 12.5. The second-order valence-corrected chi connectivity index (χ2v) is 10.1. The summed E-state index contributed by atoms with van der Waals surface area (Å²) in [7, 11) is 3.05. The molecule has 1 fully saturated rings. The Bertz CT molecular complexity index is 1590. The lowest BCUT2D eigenvalue weighted by atomic mass is 9.94. The minimum Gasteiger partial charge on any atom is -0.507 e. The molecular formula is C29H26N2O5S. The summed E-state index contributed by atoms with van der Waals surface area (Å²) in [6.45, 7) is 5.90. The van der Waals surface area contributed by atoms with Crippen LogP contribution in [0.1, 0.15) is 33.9 Å². The number of fused-ring (bicyclic) bond motifs is 1. The summed E-state index contributed by atoms with van der Waals surface area (Å²) in [6.07, 6.45) is 0. The molecule has 0 radical (unpaired) electrons. The maximum Gasteiger partial charge on any atom is 0.301 e. The minimum absolute atomic E-state index is 0.0347. The molecule has 1 unspecified atom stereocenters. The van der Waals surface area contributed by atoms with E-state index in [0.29, 0.717) is 27.8 Å². The number of Topliss-reactive ketones (excluding diaryl/α,β-unsaturated/α-hetero) is 1. The van der Waals surface area contributed by atoms with Crippen molar-refractivity contribution in [3.8, 4) is 11.5 Å². The number of thiazole rings is 1. The van der Waals surface area contributed by atoms with Crippen LogP contribution in [0.2, 0.25) is 0 Å². The summed E-state index contributed by atoms with van der Waals surface area (Å²) < 4.78 is 12.0. The largest absolute Gasteiger partial charge is 0.507 e. The van der Waals surface area contributed by atoms with Gasteiger partial charge in [0.05, 0.1) is 30.0 Å². The lowest BCUT2D eigenvalue weighted by Crippen LogP contribution is -2.29. The summed E-state index contributed by atoms with van der Waals surface area (Å²) in [5.74, 6) is -0.853. The number of ketones is 1. The number of rotatable bonds is 5. The molecule has 188 valence electrons. The number of ether oxygens (including phenoxy) is 2. The van der Waals surface area contributed by atoms with E-state index in [1.54, 1.807) is 30.3 Å². The summed E-state index contributed by atoms with van der Waals surface area (Å²) in [4.78, 5) is 33.3. The molecule has 0 bridgehead atoms. The van der Waals surface area contributed by atoms with Crippen LogP contribution in [0, 0.1) is 20.8 Å². The molecule has 0 saturated carbocycles. The number of amides is 1. The van der Waals surface area contributed by atoms with Gasteiger partial charge in [0.15, 0.2) is 5.13 Å².